The number of sulfonamides is 1. The van der Waals surface area contributed by atoms with E-state index >= 15 is 0 Å². The van der Waals surface area contributed by atoms with Gasteiger partial charge in [0.15, 0.2) is 0 Å². The predicted octanol–water partition coefficient (Wildman–Crippen LogP) is 2.89. The molecule has 0 radical (unpaired) electrons. The first-order valence-electron chi connectivity index (χ1n) is 7.94. The minimum Gasteiger partial charge on any atom is -0.284 e. The van der Waals surface area contributed by atoms with Crippen LogP contribution in [0.2, 0.25) is 0 Å². The van der Waals surface area contributed by atoms with Crippen LogP contribution in [0.3, 0.4) is 0 Å². The number of hydrazone groups is 1. The average molecular weight is 375 g/mol. The molecule has 0 bridgehead atoms. The van der Waals surface area contributed by atoms with Gasteiger partial charge < -0.3 is 0 Å². The van der Waals surface area contributed by atoms with Crippen LogP contribution >= 0.6 is 0 Å². The molecule has 1 aliphatic heterocycles. The highest BCUT2D eigenvalue weighted by atomic mass is 32.2. The Kier molecular flexibility index (Phi) is 4.78. The van der Waals surface area contributed by atoms with Gasteiger partial charge in [-0.25, -0.2) is 17.8 Å². The van der Waals surface area contributed by atoms with Crippen molar-refractivity contribution < 1.29 is 17.6 Å². The molecule has 8 heteroatoms. The Balaban J connectivity index is 1.91. The topological polar surface area (TPSA) is 78.8 Å². The summed E-state index contributed by atoms with van der Waals surface area (Å²) in [7, 11) is -3.39. The summed E-state index contributed by atoms with van der Waals surface area (Å²) in [6.45, 7) is 1.42. The summed E-state index contributed by atoms with van der Waals surface area (Å²) in [4.78, 5) is 12.0. The Bertz CT molecular complexity index is 971. The molecule has 0 aromatic heterocycles. The first-order valence-corrected chi connectivity index (χ1v) is 9.83. The van der Waals surface area contributed by atoms with E-state index in [9.17, 15) is 17.6 Å². The average Bonchev–Trinajstić information content (AvgIpc) is 3.00. The molecule has 0 unspecified atom stereocenters. The largest absolute Gasteiger partial charge is 0.284 e. The second-order valence-electron chi connectivity index (χ2n) is 6.14. The maximum Gasteiger partial charge on any atom is 0.240 e. The summed E-state index contributed by atoms with van der Waals surface area (Å²) in [5, 5.41) is 5.78. The molecule has 0 saturated carbocycles. The van der Waals surface area contributed by atoms with Crippen LogP contribution in [-0.2, 0) is 14.8 Å². The SMILES string of the molecule is CC(=O)N1N=C(c2cccc(NS(C)(=O)=O)c2)C[C@@H]1c1ccc(F)cc1. The van der Waals surface area contributed by atoms with Gasteiger partial charge in [-0.3, -0.25) is 9.52 Å². The molecule has 1 aliphatic rings. The number of hydrogen-bond acceptors (Lipinski definition) is 4. The second kappa shape index (κ2) is 6.87. The van der Waals surface area contributed by atoms with E-state index in [4.69, 9.17) is 0 Å². The molecular weight excluding hydrogens is 357 g/mol. The van der Waals surface area contributed by atoms with Gasteiger partial charge in [-0.2, -0.15) is 5.10 Å². The Morgan fingerprint density at radius 1 is 1.23 bits per heavy atom. The fourth-order valence-corrected chi connectivity index (χ4v) is 3.45. The smallest absolute Gasteiger partial charge is 0.240 e. The molecule has 136 valence electrons. The molecule has 6 nitrogen and oxygen atoms in total. The minimum absolute atomic E-state index is 0.222. The number of carbonyl (C=O) groups excluding carboxylic acids is 1. The maximum atomic E-state index is 13.2. The number of anilines is 1. The van der Waals surface area contributed by atoms with Crippen LogP contribution in [0.15, 0.2) is 53.6 Å². The monoisotopic (exact) mass is 375 g/mol. The molecule has 0 saturated heterocycles. The van der Waals surface area contributed by atoms with E-state index in [-0.39, 0.29) is 17.8 Å². The highest BCUT2D eigenvalue weighted by molar-refractivity contribution is 7.92. The van der Waals surface area contributed by atoms with Crippen LogP contribution in [0.25, 0.3) is 0 Å². The molecule has 3 rings (SSSR count). The summed E-state index contributed by atoms with van der Waals surface area (Å²) >= 11 is 0. The van der Waals surface area contributed by atoms with Crippen LogP contribution in [0.4, 0.5) is 10.1 Å². The zero-order valence-corrected chi connectivity index (χ0v) is 15.1. The normalized spacial score (nSPS) is 17.1. The van der Waals surface area contributed by atoms with E-state index in [0.29, 0.717) is 17.8 Å². The van der Waals surface area contributed by atoms with E-state index < -0.39 is 10.0 Å². The van der Waals surface area contributed by atoms with Crippen molar-refractivity contribution in [1.82, 2.24) is 5.01 Å². The summed E-state index contributed by atoms with van der Waals surface area (Å²) in [5.41, 5.74) is 2.58. The van der Waals surface area contributed by atoms with Crippen molar-refractivity contribution in [2.45, 2.75) is 19.4 Å². The molecule has 1 amide bonds. The van der Waals surface area contributed by atoms with Crippen LogP contribution in [0.1, 0.15) is 30.5 Å². The quantitative estimate of drug-likeness (QED) is 0.892. The van der Waals surface area contributed by atoms with Gasteiger partial charge >= 0.3 is 0 Å². The van der Waals surface area contributed by atoms with E-state index in [2.05, 4.69) is 9.82 Å². The van der Waals surface area contributed by atoms with Gasteiger partial charge in [-0.1, -0.05) is 24.3 Å². The lowest BCUT2D eigenvalue weighted by atomic mass is 9.98. The van der Waals surface area contributed by atoms with Crippen molar-refractivity contribution in [2.24, 2.45) is 5.10 Å². The van der Waals surface area contributed by atoms with Gasteiger partial charge in [0.1, 0.15) is 5.82 Å². The van der Waals surface area contributed by atoms with E-state index in [1.165, 1.54) is 24.1 Å². The van der Waals surface area contributed by atoms with E-state index in [1.807, 2.05) is 0 Å². The number of rotatable bonds is 4. The molecule has 26 heavy (non-hydrogen) atoms. The van der Waals surface area contributed by atoms with Gasteiger partial charge in [0.05, 0.1) is 18.0 Å². The van der Waals surface area contributed by atoms with Crippen molar-refractivity contribution in [2.75, 3.05) is 11.0 Å². The summed E-state index contributed by atoms with van der Waals surface area (Å²) in [5.74, 6) is -0.568. The lowest BCUT2D eigenvalue weighted by molar-refractivity contribution is -0.130. The summed E-state index contributed by atoms with van der Waals surface area (Å²) in [6.07, 6.45) is 1.53. The van der Waals surface area contributed by atoms with Gasteiger partial charge in [0.25, 0.3) is 0 Å². The number of nitrogens with zero attached hydrogens (tertiary/aromatic N) is 2. The van der Waals surface area contributed by atoms with Crippen molar-refractivity contribution >= 4 is 27.3 Å². The van der Waals surface area contributed by atoms with E-state index in [1.54, 1.807) is 36.4 Å². The number of hydrogen-bond donors (Lipinski definition) is 1. The molecular formula is C18H18FN3O3S. The first kappa shape index (κ1) is 18.1. The van der Waals surface area contributed by atoms with Gasteiger partial charge in [0, 0.05) is 19.0 Å². The number of halogens is 1. The molecule has 0 aliphatic carbocycles. The molecule has 2 aromatic rings. The number of nitrogens with one attached hydrogen (secondary N) is 1. The molecule has 1 atom stereocenters. The lowest BCUT2D eigenvalue weighted by Gasteiger charge is -2.20. The number of carbonyl (C=O) groups is 1. The van der Waals surface area contributed by atoms with Crippen molar-refractivity contribution in [3.05, 3.63) is 65.5 Å². The third-order valence-electron chi connectivity index (χ3n) is 3.99. The fourth-order valence-electron chi connectivity index (χ4n) is 2.90. The van der Waals surface area contributed by atoms with Gasteiger partial charge in [-0.05, 0) is 35.4 Å². The molecule has 1 N–H and O–H groups in total. The van der Waals surface area contributed by atoms with Gasteiger partial charge in [-0.15, -0.1) is 0 Å². The maximum absolute atomic E-state index is 13.2. The fraction of sp³-hybridized carbons (Fsp3) is 0.222. The number of amides is 1. The van der Waals surface area contributed by atoms with Crippen LogP contribution in [-0.4, -0.2) is 31.3 Å². The molecule has 1 heterocycles. The Labute approximate surface area is 151 Å². The zero-order valence-electron chi connectivity index (χ0n) is 14.3. The van der Waals surface area contributed by atoms with Crippen LogP contribution < -0.4 is 4.72 Å². The highest BCUT2D eigenvalue weighted by Crippen LogP contribution is 2.33. The molecule has 0 spiro atoms. The predicted molar refractivity (Wildman–Crippen MR) is 97.7 cm³/mol. The minimum atomic E-state index is -3.39. The second-order valence-corrected chi connectivity index (χ2v) is 7.89. The third kappa shape index (κ3) is 4.08. The number of benzene rings is 2. The zero-order chi connectivity index (χ0) is 18.9. The third-order valence-corrected chi connectivity index (χ3v) is 4.59. The van der Waals surface area contributed by atoms with Crippen molar-refractivity contribution in [3.8, 4) is 0 Å². The van der Waals surface area contributed by atoms with Gasteiger partial charge in [0.2, 0.25) is 15.9 Å². The Hall–Kier alpha value is -2.74. The van der Waals surface area contributed by atoms with Crippen LogP contribution in [0.5, 0.6) is 0 Å². The first-order chi connectivity index (χ1) is 12.2. The Morgan fingerprint density at radius 2 is 1.92 bits per heavy atom. The highest BCUT2D eigenvalue weighted by Gasteiger charge is 2.31. The summed E-state index contributed by atoms with van der Waals surface area (Å²) < 4.78 is 38.4. The molecule has 0 fully saturated rings. The Morgan fingerprint density at radius 3 is 2.54 bits per heavy atom. The molecule has 2 aromatic carbocycles. The van der Waals surface area contributed by atoms with Crippen molar-refractivity contribution in [1.29, 1.82) is 0 Å². The van der Waals surface area contributed by atoms with Crippen LogP contribution in [0, 0.1) is 5.82 Å². The lowest BCUT2D eigenvalue weighted by Crippen LogP contribution is -2.24. The summed E-state index contributed by atoms with van der Waals surface area (Å²) in [6, 6.07) is 12.5. The standard InChI is InChI=1S/C18H18FN3O3S/c1-12(23)22-18(13-6-8-15(19)9-7-13)11-17(20-22)14-4-3-5-16(10-14)21-26(2,24)25/h3-10,18,21H,11H2,1-2H3/t18-/m1/s1. The van der Waals surface area contributed by atoms with Crippen molar-refractivity contribution in [3.63, 3.8) is 0 Å². The van der Waals surface area contributed by atoms with E-state index in [0.717, 1.165) is 17.4 Å².